The normalized spacial score (nSPS) is 13.4. The van der Waals surface area contributed by atoms with Crippen LogP contribution in [0.1, 0.15) is 48.9 Å². The molecule has 3 atom stereocenters. The second-order valence-electron chi connectivity index (χ2n) is 12.3. The number of carbonyl (C=O) groups is 2. The van der Waals surface area contributed by atoms with Gasteiger partial charge in [0.2, 0.25) is 11.8 Å². The molecule has 3 N–H and O–H groups in total. The summed E-state index contributed by atoms with van der Waals surface area (Å²) in [6, 6.07) is 37.0. The second-order valence-corrected chi connectivity index (χ2v) is 14.5. The minimum atomic E-state index is -3.92. The van der Waals surface area contributed by atoms with E-state index in [0.717, 1.165) is 22.3 Å². The van der Waals surface area contributed by atoms with Gasteiger partial charge in [0.1, 0.15) is 11.8 Å². The Morgan fingerprint density at radius 1 is 0.646 bits per heavy atom. The van der Waals surface area contributed by atoms with Crippen molar-refractivity contribution in [3.8, 4) is 0 Å². The number of nitrogens with one attached hydrogen (secondary N) is 3. The van der Waals surface area contributed by atoms with Crippen LogP contribution < -0.4 is 16.0 Å². The third-order valence-corrected chi connectivity index (χ3v) is 10.2. The molecule has 0 saturated carbocycles. The number of amides is 2. The van der Waals surface area contributed by atoms with Gasteiger partial charge in [-0.1, -0.05) is 135 Å². The Bertz CT molecular complexity index is 1530. The van der Waals surface area contributed by atoms with Crippen LogP contribution in [0.2, 0.25) is 0 Å². The molecule has 4 rings (SSSR count). The molecule has 0 aliphatic rings. The molecule has 0 aliphatic heterocycles. The lowest BCUT2D eigenvalue weighted by Crippen LogP contribution is -2.55. The maximum absolute atomic E-state index is 15.0. The highest BCUT2D eigenvalue weighted by atomic mass is 31.2. The van der Waals surface area contributed by atoms with Gasteiger partial charge in [0.15, 0.2) is 0 Å². The summed E-state index contributed by atoms with van der Waals surface area (Å²) in [6.07, 6.45) is 1.74. The van der Waals surface area contributed by atoms with Crippen LogP contribution in [-0.2, 0) is 49.3 Å². The predicted molar refractivity (Wildman–Crippen MR) is 191 cm³/mol. The Morgan fingerprint density at radius 3 is 1.56 bits per heavy atom. The Hall–Kier alpha value is -4.07. The van der Waals surface area contributed by atoms with Crippen molar-refractivity contribution in [2.24, 2.45) is 5.92 Å². The van der Waals surface area contributed by atoms with Crippen LogP contribution in [-0.4, -0.2) is 36.7 Å². The quantitative estimate of drug-likeness (QED) is 0.0925. The minimum absolute atomic E-state index is 0.0767. The van der Waals surface area contributed by atoms with Crippen molar-refractivity contribution in [3.63, 3.8) is 0 Å². The van der Waals surface area contributed by atoms with E-state index in [1.165, 1.54) is 0 Å². The lowest BCUT2D eigenvalue weighted by atomic mass is 10.0. The Kier molecular flexibility index (Phi) is 14.6. The molecule has 0 unspecified atom stereocenters. The Labute approximate surface area is 285 Å². The first-order chi connectivity index (χ1) is 23.3. The number of likely N-dealkylation sites (N-methyl/N-ethyl adjacent to an activating group) is 1. The second kappa shape index (κ2) is 19.1. The van der Waals surface area contributed by atoms with Crippen molar-refractivity contribution in [1.29, 1.82) is 0 Å². The summed E-state index contributed by atoms with van der Waals surface area (Å²) >= 11 is 0. The third kappa shape index (κ3) is 11.9. The summed E-state index contributed by atoms with van der Waals surface area (Å²) in [5.41, 5.74) is 3.70. The first kappa shape index (κ1) is 36.8. The molecule has 0 fully saturated rings. The van der Waals surface area contributed by atoms with Crippen molar-refractivity contribution >= 4 is 19.4 Å². The molecule has 0 aliphatic carbocycles. The zero-order chi connectivity index (χ0) is 34.2. The van der Waals surface area contributed by atoms with E-state index in [1.807, 2.05) is 135 Å². The maximum atomic E-state index is 15.0. The average Bonchev–Trinajstić information content (AvgIpc) is 3.12. The molecular formula is C39H48N3O5P. The van der Waals surface area contributed by atoms with Gasteiger partial charge in [-0.05, 0) is 47.4 Å². The number of rotatable bonds is 19. The van der Waals surface area contributed by atoms with E-state index >= 15 is 4.57 Å². The van der Waals surface area contributed by atoms with Crippen molar-refractivity contribution in [2.45, 2.75) is 70.6 Å². The fourth-order valence-corrected chi connectivity index (χ4v) is 7.34. The van der Waals surface area contributed by atoms with Gasteiger partial charge in [-0.2, -0.15) is 0 Å². The van der Waals surface area contributed by atoms with E-state index in [-0.39, 0.29) is 30.9 Å². The van der Waals surface area contributed by atoms with E-state index < -0.39 is 25.5 Å². The number of benzene rings is 4. The van der Waals surface area contributed by atoms with Crippen LogP contribution in [0.3, 0.4) is 0 Å². The molecule has 8 nitrogen and oxygen atoms in total. The number of carbonyl (C=O) groups excluding carboxylic acids is 2. The van der Waals surface area contributed by atoms with Gasteiger partial charge in [-0.15, -0.1) is 0 Å². The van der Waals surface area contributed by atoms with E-state index in [2.05, 4.69) is 16.0 Å². The lowest BCUT2D eigenvalue weighted by Gasteiger charge is -2.32. The first-order valence-corrected chi connectivity index (χ1v) is 18.2. The molecule has 0 heterocycles. The molecule has 2 amide bonds. The summed E-state index contributed by atoms with van der Waals surface area (Å²) in [5.74, 6) is -1.35. The van der Waals surface area contributed by atoms with Crippen LogP contribution in [0.25, 0.3) is 0 Å². The fraction of sp³-hybridized carbons (Fsp3) is 0.333. The molecule has 254 valence electrons. The van der Waals surface area contributed by atoms with Crippen molar-refractivity contribution in [3.05, 3.63) is 144 Å². The van der Waals surface area contributed by atoms with E-state index in [4.69, 9.17) is 9.05 Å². The summed E-state index contributed by atoms with van der Waals surface area (Å²) in [5, 5.41) is 9.10. The van der Waals surface area contributed by atoms with Crippen LogP contribution in [0.5, 0.6) is 0 Å². The van der Waals surface area contributed by atoms with Crippen molar-refractivity contribution < 1.29 is 23.2 Å². The Morgan fingerprint density at radius 2 is 1.10 bits per heavy atom. The highest BCUT2D eigenvalue weighted by Gasteiger charge is 2.39. The minimum Gasteiger partial charge on any atom is -0.357 e. The van der Waals surface area contributed by atoms with Gasteiger partial charge in [0.05, 0.1) is 19.3 Å². The van der Waals surface area contributed by atoms with Crippen molar-refractivity contribution in [1.82, 2.24) is 16.0 Å². The predicted octanol–water partition coefficient (Wildman–Crippen LogP) is 7.05. The van der Waals surface area contributed by atoms with E-state index in [9.17, 15) is 9.59 Å². The third-order valence-electron chi connectivity index (χ3n) is 8.02. The van der Waals surface area contributed by atoms with Crippen LogP contribution in [0, 0.1) is 5.92 Å². The van der Waals surface area contributed by atoms with Gasteiger partial charge in [0, 0.05) is 13.5 Å². The number of hydrogen-bond donors (Lipinski definition) is 3. The van der Waals surface area contributed by atoms with Crippen LogP contribution in [0.15, 0.2) is 121 Å². The summed E-state index contributed by atoms with van der Waals surface area (Å²) in [7, 11) is -2.36. The molecule has 0 radical (unpaired) electrons. The summed E-state index contributed by atoms with van der Waals surface area (Å²) in [6.45, 7) is 4.21. The lowest BCUT2D eigenvalue weighted by molar-refractivity contribution is -0.130. The molecular weight excluding hydrogens is 621 g/mol. The molecule has 0 saturated heterocycles. The first-order valence-electron chi connectivity index (χ1n) is 16.6. The SMILES string of the molecule is CNC(=O)[C@H](Cc1ccccc1)NC(=O)[C@H](CC(C)C)N[C@H](CCc1ccccc1)P(=O)(OCc1ccccc1)OCc1ccccc1. The zero-order valence-corrected chi connectivity index (χ0v) is 29.0. The molecule has 0 bridgehead atoms. The largest absolute Gasteiger partial charge is 0.357 e. The van der Waals surface area contributed by atoms with Gasteiger partial charge in [0.25, 0.3) is 0 Å². The fourth-order valence-electron chi connectivity index (χ4n) is 5.44. The zero-order valence-electron chi connectivity index (χ0n) is 28.1. The number of aryl methyl sites for hydroxylation is 1. The monoisotopic (exact) mass is 669 g/mol. The smallest absolute Gasteiger partial charge is 0.348 e. The number of hydrogen-bond acceptors (Lipinski definition) is 6. The topological polar surface area (TPSA) is 106 Å². The van der Waals surface area contributed by atoms with Crippen molar-refractivity contribution in [2.75, 3.05) is 7.05 Å². The molecule has 0 spiro atoms. The van der Waals surface area contributed by atoms with Crippen LogP contribution >= 0.6 is 7.60 Å². The summed E-state index contributed by atoms with van der Waals surface area (Å²) < 4.78 is 27.6. The van der Waals surface area contributed by atoms with E-state index in [1.54, 1.807) is 7.05 Å². The molecule has 48 heavy (non-hydrogen) atoms. The van der Waals surface area contributed by atoms with Gasteiger partial charge in [-0.25, -0.2) is 0 Å². The molecule has 4 aromatic carbocycles. The average molecular weight is 670 g/mol. The standard InChI is InChI=1S/C39H48N3O5P/c1-30(2)26-35(39(44)42-36(38(43)40-3)27-32-18-10-5-11-19-32)41-37(25-24-31-16-8-4-9-17-31)48(45,46-28-33-20-12-6-13-21-33)47-29-34-22-14-7-15-23-34/h4-23,30,35-37,41H,24-29H2,1-3H3,(H,40,43)(H,42,44)/t35-,36-,37-/m0/s1. The van der Waals surface area contributed by atoms with Gasteiger partial charge < -0.3 is 19.7 Å². The Balaban J connectivity index is 1.64. The molecule has 9 heteroatoms. The summed E-state index contributed by atoms with van der Waals surface area (Å²) in [4.78, 5) is 27.0. The van der Waals surface area contributed by atoms with Gasteiger partial charge >= 0.3 is 7.60 Å². The van der Waals surface area contributed by atoms with E-state index in [0.29, 0.717) is 25.7 Å². The van der Waals surface area contributed by atoms with Gasteiger partial charge in [-0.3, -0.25) is 19.5 Å². The highest BCUT2D eigenvalue weighted by molar-refractivity contribution is 7.54. The van der Waals surface area contributed by atoms with Crippen LogP contribution in [0.4, 0.5) is 0 Å². The highest BCUT2D eigenvalue weighted by Crippen LogP contribution is 2.55. The molecule has 0 aromatic heterocycles. The maximum Gasteiger partial charge on any atom is 0.348 e. The molecule has 4 aromatic rings.